The van der Waals surface area contributed by atoms with Gasteiger partial charge in [-0.25, -0.2) is 4.79 Å². The van der Waals surface area contributed by atoms with Crippen LogP contribution < -0.4 is 10.1 Å². The van der Waals surface area contributed by atoms with Crippen molar-refractivity contribution in [3.63, 3.8) is 0 Å². The molecule has 0 spiro atoms. The first-order valence-corrected chi connectivity index (χ1v) is 7.63. The molecule has 1 heterocycles. The molecular weight excluding hydrogens is 300 g/mol. The minimum Gasteiger partial charge on any atom is -0.488 e. The summed E-state index contributed by atoms with van der Waals surface area (Å²) < 4.78 is 5.66. The average molecular weight is 316 g/mol. The minimum atomic E-state index is -1.03. The van der Waals surface area contributed by atoms with Gasteiger partial charge in [0.25, 0.3) is 0 Å². The van der Waals surface area contributed by atoms with Crippen LogP contribution in [0.3, 0.4) is 0 Å². The van der Waals surface area contributed by atoms with Crippen LogP contribution in [0.25, 0.3) is 0 Å². The van der Waals surface area contributed by atoms with Gasteiger partial charge in [-0.3, -0.25) is 0 Å². The predicted octanol–water partition coefficient (Wildman–Crippen LogP) is 3.72. The Morgan fingerprint density at radius 3 is 2.86 bits per heavy atom. The molecule has 0 radical (unpaired) electrons. The molecule has 2 aromatic rings. The number of para-hydroxylation sites is 1. The lowest BCUT2D eigenvalue weighted by Crippen LogP contribution is -2.12. The number of thiophene rings is 1. The van der Waals surface area contributed by atoms with Gasteiger partial charge in [0.1, 0.15) is 11.6 Å². The van der Waals surface area contributed by atoms with Crippen molar-refractivity contribution in [3.8, 4) is 11.8 Å². The molecule has 0 aliphatic carbocycles. The number of hydrogen-bond donors (Lipinski definition) is 2. The Balaban J connectivity index is 2.24. The predicted molar refractivity (Wildman–Crippen MR) is 85.5 cm³/mol. The van der Waals surface area contributed by atoms with Crippen LogP contribution in [0, 0.1) is 11.3 Å². The summed E-state index contributed by atoms with van der Waals surface area (Å²) in [4.78, 5) is 12.3. The molecule has 0 fully saturated rings. The van der Waals surface area contributed by atoms with Crippen LogP contribution in [0.15, 0.2) is 29.6 Å². The molecule has 0 unspecified atom stereocenters. The lowest BCUT2D eigenvalue weighted by atomic mass is 10.1. The Morgan fingerprint density at radius 2 is 2.27 bits per heavy atom. The molecule has 0 saturated heterocycles. The Kier molecular flexibility index (Phi) is 5.02. The summed E-state index contributed by atoms with van der Waals surface area (Å²) in [5.74, 6) is -0.691. The van der Waals surface area contributed by atoms with E-state index in [9.17, 15) is 9.90 Å². The zero-order chi connectivity index (χ0) is 16.1. The fourth-order valence-corrected chi connectivity index (χ4v) is 2.67. The van der Waals surface area contributed by atoms with Gasteiger partial charge in [0.2, 0.25) is 0 Å². The summed E-state index contributed by atoms with van der Waals surface area (Å²) in [7, 11) is 0. The number of anilines is 1. The highest BCUT2D eigenvalue weighted by Crippen LogP contribution is 2.31. The van der Waals surface area contributed by atoms with Crippen LogP contribution in [-0.2, 0) is 6.54 Å². The van der Waals surface area contributed by atoms with Crippen molar-refractivity contribution >= 4 is 23.0 Å². The summed E-state index contributed by atoms with van der Waals surface area (Å²) in [5, 5.41) is 23.1. The van der Waals surface area contributed by atoms with Gasteiger partial charge < -0.3 is 15.2 Å². The van der Waals surface area contributed by atoms with E-state index in [1.165, 1.54) is 17.4 Å². The molecule has 0 bridgehead atoms. The molecule has 0 atom stereocenters. The van der Waals surface area contributed by atoms with Gasteiger partial charge in [-0.1, -0.05) is 6.07 Å². The Bertz CT molecular complexity index is 716. The highest BCUT2D eigenvalue weighted by Gasteiger charge is 2.16. The van der Waals surface area contributed by atoms with E-state index in [0.717, 1.165) is 4.88 Å². The SMILES string of the molecule is CC(C)Oc1c(NCc2cc(C#N)cs2)cccc1C(=O)O. The summed E-state index contributed by atoms with van der Waals surface area (Å²) in [6, 6.07) is 8.87. The minimum absolute atomic E-state index is 0.127. The molecular formula is C16H16N2O3S. The first kappa shape index (κ1) is 15.9. The molecule has 2 rings (SSSR count). The summed E-state index contributed by atoms with van der Waals surface area (Å²) in [6.45, 7) is 4.20. The summed E-state index contributed by atoms with van der Waals surface area (Å²) in [5.41, 5.74) is 1.38. The zero-order valence-electron chi connectivity index (χ0n) is 12.3. The van der Waals surface area contributed by atoms with Gasteiger partial charge in [-0.2, -0.15) is 5.26 Å². The third-order valence-electron chi connectivity index (χ3n) is 2.83. The molecule has 0 aliphatic heterocycles. The maximum Gasteiger partial charge on any atom is 0.339 e. The topological polar surface area (TPSA) is 82.3 Å². The van der Waals surface area contributed by atoms with Crippen molar-refractivity contribution in [2.24, 2.45) is 0 Å². The van der Waals surface area contributed by atoms with Crippen molar-refractivity contribution in [2.75, 3.05) is 5.32 Å². The van der Waals surface area contributed by atoms with Crippen molar-refractivity contribution in [3.05, 3.63) is 45.6 Å². The van der Waals surface area contributed by atoms with Crippen molar-refractivity contribution in [1.29, 1.82) is 5.26 Å². The summed E-state index contributed by atoms with van der Waals surface area (Å²) >= 11 is 1.48. The standard InChI is InChI=1S/C16H16N2O3S/c1-10(2)21-15-13(16(19)20)4-3-5-14(15)18-8-12-6-11(7-17)9-22-12/h3-6,9-10,18H,8H2,1-2H3,(H,19,20). The fourth-order valence-electron chi connectivity index (χ4n) is 1.92. The van der Waals surface area contributed by atoms with E-state index < -0.39 is 5.97 Å². The zero-order valence-corrected chi connectivity index (χ0v) is 13.1. The molecule has 6 heteroatoms. The first-order valence-electron chi connectivity index (χ1n) is 6.75. The second kappa shape index (κ2) is 6.96. The van der Waals surface area contributed by atoms with Crippen molar-refractivity contribution in [1.82, 2.24) is 0 Å². The second-order valence-corrected chi connectivity index (χ2v) is 5.92. The number of nitriles is 1. The summed E-state index contributed by atoms with van der Waals surface area (Å²) in [6.07, 6.45) is -0.132. The van der Waals surface area contributed by atoms with E-state index in [1.807, 2.05) is 19.9 Å². The fraction of sp³-hybridized carbons (Fsp3) is 0.250. The van der Waals surface area contributed by atoms with E-state index in [4.69, 9.17) is 10.00 Å². The second-order valence-electron chi connectivity index (χ2n) is 4.92. The monoisotopic (exact) mass is 316 g/mol. The third-order valence-corrected chi connectivity index (χ3v) is 3.77. The molecule has 5 nitrogen and oxygen atoms in total. The van der Waals surface area contributed by atoms with Gasteiger partial charge in [-0.05, 0) is 32.0 Å². The Labute approximate surface area is 132 Å². The first-order chi connectivity index (χ1) is 10.5. The van der Waals surface area contributed by atoms with E-state index in [2.05, 4.69) is 11.4 Å². The van der Waals surface area contributed by atoms with Crippen LogP contribution >= 0.6 is 11.3 Å². The van der Waals surface area contributed by atoms with E-state index in [-0.39, 0.29) is 11.7 Å². The van der Waals surface area contributed by atoms with Crippen molar-refractivity contribution < 1.29 is 14.6 Å². The third kappa shape index (κ3) is 3.77. The maximum absolute atomic E-state index is 11.3. The number of carboxylic acids is 1. The lowest BCUT2D eigenvalue weighted by Gasteiger charge is -2.17. The molecule has 2 N–H and O–H groups in total. The van der Waals surface area contributed by atoms with Crippen LogP contribution in [0.4, 0.5) is 5.69 Å². The normalized spacial score (nSPS) is 10.3. The number of nitrogens with one attached hydrogen (secondary N) is 1. The van der Waals surface area contributed by atoms with E-state index in [1.54, 1.807) is 17.5 Å². The van der Waals surface area contributed by atoms with Crippen LogP contribution in [0.5, 0.6) is 5.75 Å². The average Bonchev–Trinajstić information content (AvgIpc) is 2.93. The van der Waals surface area contributed by atoms with Gasteiger partial charge in [-0.15, -0.1) is 11.3 Å². The van der Waals surface area contributed by atoms with Crippen LogP contribution in [-0.4, -0.2) is 17.2 Å². The van der Waals surface area contributed by atoms with Gasteiger partial charge in [0.05, 0.1) is 17.4 Å². The smallest absolute Gasteiger partial charge is 0.339 e. The number of nitrogens with zero attached hydrogens (tertiary/aromatic N) is 1. The maximum atomic E-state index is 11.3. The van der Waals surface area contributed by atoms with Gasteiger partial charge >= 0.3 is 5.97 Å². The quantitative estimate of drug-likeness (QED) is 0.848. The highest BCUT2D eigenvalue weighted by molar-refractivity contribution is 7.10. The Morgan fingerprint density at radius 1 is 1.50 bits per heavy atom. The largest absolute Gasteiger partial charge is 0.488 e. The molecule has 1 aromatic carbocycles. The Hall–Kier alpha value is -2.52. The number of benzene rings is 1. The number of hydrogen-bond acceptors (Lipinski definition) is 5. The number of rotatable bonds is 6. The molecule has 114 valence electrons. The highest BCUT2D eigenvalue weighted by atomic mass is 32.1. The van der Waals surface area contributed by atoms with Crippen LogP contribution in [0.1, 0.15) is 34.6 Å². The molecule has 1 aromatic heterocycles. The molecule has 0 aliphatic rings. The van der Waals surface area contributed by atoms with E-state index in [0.29, 0.717) is 23.5 Å². The number of aromatic carboxylic acids is 1. The molecule has 22 heavy (non-hydrogen) atoms. The molecule has 0 amide bonds. The van der Waals surface area contributed by atoms with Gasteiger partial charge in [0.15, 0.2) is 5.75 Å². The number of ether oxygens (including phenoxy) is 1. The van der Waals surface area contributed by atoms with Gasteiger partial charge in [0, 0.05) is 16.8 Å². The van der Waals surface area contributed by atoms with Crippen LogP contribution in [0.2, 0.25) is 0 Å². The van der Waals surface area contributed by atoms with Crippen molar-refractivity contribution in [2.45, 2.75) is 26.5 Å². The molecule has 0 saturated carbocycles. The number of carbonyl (C=O) groups is 1. The van der Waals surface area contributed by atoms with E-state index >= 15 is 0 Å². The lowest BCUT2D eigenvalue weighted by molar-refractivity contribution is 0.0690. The number of carboxylic acid groups (broad SMARTS) is 1.